The lowest BCUT2D eigenvalue weighted by atomic mass is 9.55. The van der Waals surface area contributed by atoms with E-state index < -0.39 is 23.7 Å². The fourth-order valence-corrected chi connectivity index (χ4v) is 7.97. The summed E-state index contributed by atoms with van der Waals surface area (Å²) in [5.74, 6) is -2.52. The third-order valence-corrected chi connectivity index (χ3v) is 9.88. The van der Waals surface area contributed by atoms with Crippen molar-refractivity contribution in [2.24, 2.45) is 17.8 Å². The molecular weight excluding hydrogens is 552 g/mol. The van der Waals surface area contributed by atoms with Crippen molar-refractivity contribution in [3.05, 3.63) is 125 Å². The number of anilines is 2. The van der Waals surface area contributed by atoms with Gasteiger partial charge in [-0.05, 0) is 64.6 Å². The number of hydrogen-bond donors (Lipinski definition) is 0. The molecule has 3 aliphatic carbocycles. The minimum atomic E-state index is -0.587. The number of amides is 3. The first-order valence-corrected chi connectivity index (χ1v) is 15.2. The maximum Gasteiger partial charge on any atom is 0.316 e. The highest BCUT2D eigenvalue weighted by Crippen LogP contribution is 2.61. The average Bonchev–Trinajstić information content (AvgIpc) is 3.58. The predicted molar refractivity (Wildman–Crippen MR) is 164 cm³/mol. The number of ether oxygens (including phenoxy) is 1. The summed E-state index contributed by atoms with van der Waals surface area (Å²) in [5, 5.41) is 0. The lowest BCUT2D eigenvalue weighted by molar-refractivity contribution is -0.139. The first kappa shape index (κ1) is 26.6. The third-order valence-electron chi connectivity index (χ3n) is 9.88. The summed E-state index contributed by atoms with van der Waals surface area (Å²) < 4.78 is 5.68. The van der Waals surface area contributed by atoms with E-state index in [1.165, 1.54) is 4.90 Å². The lowest BCUT2D eigenvalue weighted by Crippen LogP contribution is -2.41. The zero-order chi connectivity index (χ0) is 30.1. The first-order valence-electron chi connectivity index (χ1n) is 15.2. The fourth-order valence-electron chi connectivity index (χ4n) is 7.97. The van der Waals surface area contributed by atoms with Gasteiger partial charge in [-0.2, -0.15) is 0 Å². The van der Waals surface area contributed by atoms with Crippen molar-refractivity contribution in [3.63, 3.8) is 0 Å². The van der Waals surface area contributed by atoms with Crippen molar-refractivity contribution in [2.45, 2.75) is 31.6 Å². The van der Waals surface area contributed by atoms with E-state index in [-0.39, 0.29) is 42.5 Å². The maximum absolute atomic E-state index is 14.0. The molecule has 7 heteroatoms. The Bertz CT molecular complexity index is 1750. The molecular formula is C37H30N2O5. The predicted octanol–water partition coefficient (Wildman–Crippen LogP) is 5.60. The Kier molecular flexibility index (Phi) is 6.05. The van der Waals surface area contributed by atoms with Crippen molar-refractivity contribution >= 4 is 35.1 Å². The molecule has 44 heavy (non-hydrogen) atoms. The van der Waals surface area contributed by atoms with Crippen LogP contribution < -0.4 is 14.5 Å². The molecule has 4 aromatic rings. The molecule has 2 bridgehead atoms. The van der Waals surface area contributed by atoms with Crippen LogP contribution >= 0.6 is 0 Å². The number of hydrogen-bond acceptors (Lipinski definition) is 5. The second-order valence-corrected chi connectivity index (χ2v) is 12.1. The monoisotopic (exact) mass is 582 g/mol. The van der Waals surface area contributed by atoms with Gasteiger partial charge >= 0.3 is 5.97 Å². The van der Waals surface area contributed by atoms with Crippen LogP contribution in [0, 0.1) is 17.8 Å². The van der Waals surface area contributed by atoms with Crippen molar-refractivity contribution in [3.8, 4) is 5.75 Å². The molecule has 3 atom stereocenters. The molecule has 0 radical (unpaired) electrons. The van der Waals surface area contributed by atoms with Gasteiger partial charge in [0.1, 0.15) is 5.75 Å². The number of carbonyl (C=O) groups excluding carboxylic acids is 4. The van der Waals surface area contributed by atoms with Crippen LogP contribution in [0.1, 0.15) is 53.0 Å². The van der Waals surface area contributed by atoms with Crippen molar-refractivity contribution in [1.82, 2.24) is 0 Å². The van der Waals surface area contributed by atoms with Crippen LogP contribution in [0.5, 0.6) is 5.75 Å². The number of nitrogens with zero attached hydrogens (tertiary/aromatic N) is 2. The van der Waals surface area contributed by atoms with E-state index in [4.69, 9.17) is 4.74 Å². The summed E-state index contributed by atoms with van der Waals surface area (Å²) in [7, 11) is 0. The SMILES string of the molecule is CCc1ccccc1N1C[C@@H](C(=O)Oc2ccc(N3C(=O)[C@@H]4C5c6ccccc6C(c6ccccc65)[C@@H]4C3=O)cc2)CC1=O. The zero-order valence-corrected chi connectivity index (χ0v) is 24.2. The largest absolute Gasteiger partial charge is 0.426 e. The van der Waals surface area contributed by atoms with E-state index >= 15 is 0 Å². The van der Waals surface area contributed by atoms with Gasteiger partial charge in [-0.3, -0.25) is 19.2 Å². The fraction of sp³-hybridized carbons (Fsp3) is 0.243. The van der Waals surface area contributed by atoms with Gasteiger partial charge in [0.2, 0.25) is 17.7 Å². The van der Waals surface area contributed by atoms with Crippen LogP contribution in [0.2, 0.25) is 0 Å². The van der Waals surface area contributed by atoms with Gasteiger partial charge in [0.25, 0.3) is 0 Å². The highest BCUT2D eigenvalue weighted by Gasteiger charge is 2.61. The Balaban J connectivity index is 1.02. The van der Waals surface area contributed by atoms with E-state index in [9.17, 15) is 19.2 Å². The normalized spacial score (nSPS) is 24.8. The van der Waals surface area contributed by atoms with Gasteiger partial charge in [0.15, 0.2) is 0 Å². The molecule has 7 nitrogen and oxygen atoms in total. The molecule has 0 aromatic heterocycles. The summed E-state index contributed by atoms with van der Waals surface area (Å²) in [4.78, 5) is 56.9. The Labute approximate surface area is 255 Å². The van der Waals surface area contributed by atoms with Crippen molar-refractivity contribution in [1.29, 1.82) is 0 Å². The molecule has 5 aliphatic rings. The number of para-hydroxylation sites is 1. The Morgan fingerprint density at radius 2 is 1.25 bits per heavy atom. The molecule has 218 valence electrons. The number of carbonyl (C=O) groups is 4. The molecule has 2 fully saturated rings. The summed E-state index contributed by atoms with van der Waals surface area (Å²) >= 11 is 0. The standard InChI is InChI=1S/C37H30N2O5/c1-2-21-9-3-8-14-29(21)38-20-22(19-30(38)40)37(43)44-24-17-15-23(16-18-24)39-35(41)33-31-25-10-4-5-11-26(25)32(34(33)36(39)42)28-13-7-6-12-27(28)31/h3-18,22,31-34H,2,19-20H2,1H3/t22-,31?,32?,33-,34+/m0/s1. The number of aryl methyl sites for hydroxylation is 1. The summed E-state index contributed by atoms with van der Waals surface area (Å²) in [6, 6.07) is 30.6. The molecule has 2 aliphatic heterocycles. The summed E-state index contributed by atoms with van der Waals surface area (Å²) in [6.07, 6.45) is 0.869. The molecule has 0 spiro atoms. The van der Waals surface area contributed by atoms with E-state index in [1.807, 2.05) is 55.5 Å². The van der Waals surface area contributed by atoms with Crippen molar-refractivity contribution < 1.29 is 23.9 Å². The van der Waals surface area contributed by atoms with Crippen LogP contribution in [-0.2, 0) is 25.6 Å². The van der Waals surface area contributed by atoms with Crippen LogP contribution in [-0.4, -0.2) is 30.2 Å². The highest BCUT2D eigenvalue weighted by molar-refractivity contribution is 6.23. The number of imide groups is 1. The first-order chi connectivity index (χ1) is 21.5. The summed E-state index contributed by atoms with van der Waals surface area (Å²) in [5.41, 5.74) is 6.86. The summed E-state index contributed by atoms with van der Waals surface area (Å²) in [6.45, 7) is 2.30. The van der Waals surface area contributed by atoms with Gasteiger partial charge in [-0.15, -0.1) is 0 Å². The second-order valence-electron chi connectivity index (χ2n) is 12.1. The molecule has 9 rings (SSSR count). The Morgan fingerprint density at radius 3 is 1.80 bits per heavy atom. The molecule has 0 saturated carbocycles. The number of benzene rings is 4. The Hall–Kier alpha value is -5.04. The van der Waals surface area contributed by atoms with Crippen LogP contribution in [0.25, 0.3) is 0 Å². The average molecular weight is 583 g/mol. The third kappa shape index (κ3) is 3.81. The maximum atomic E-state index is 14.0. The molecule has 3 amide bonds. The van der Waals surface area contributed by atoms with Gasteiger partial charge in [0.05, 0.1) is 23.4 Å². The van der Waals surface area contributed by atoms with Gasteiger partial charge in [-0.1, -0.05) is 73.7 Å². The van der Waals surface area contributed by atoms with E-state index in [0.29, 0.717) is 11.4 Å². The topological polar surface area (TPSA) is 84.0 Å². The molecule has 2 heterocycles. The van der Waals surface area contributed by atoms with Crippen molar-refractivity contribution in [2.75, 3.05) is 16.3 Å². The van der Waals surface area contributed by atoms with Crippen LogP contribution in [0.3, 0.4) is 0 Å². The Morgan fingerprint density at radius 1 is 0.727 bits per heavy atom. The number of rotatable bonds is 5. The highest BCUT2D eigenvalue weighted by atomic mass is 16.5. The molecule has 2 saturated heterocycles. The van der Waals surface area contributed by atoms with E-state index in [1.54, 1.807) is 29.2 Å². The molecule has 0 N–H and O–H groups in total. The number of esters is 1. The quantitative estimate of drug-likeness (QED) is 0.174. The minimum absolute atomic E-state index is 0.0850. The van der Waals surface area contributed by atoms with Gasteiger partial charge in [-0.25, -0.2) is 4.90 Å². The minimum Gasteiger partial charge on any atom is -0.426 e. The van der Waals surface area contributed by atoms with E-state index in [2.05, 4.69) is 24.3 Å². The van der Waals surface area contributed by atoms with Gasteiger partial charge < -0.3 is 9.64 Å². The second kappa shape index (κ2) is 10.0. The lowest BCUT2D eigenvalue weighted by Gasteiger charge is -2.45. The molecule has 0 unspecified atom stereocenters. The van der Waals surface area contributed by atoms with Crippen LogP contribution in [0.4, 0.5) is 11.4 Å². The van der Waals surface area contributed by atoms with Crippen LogP contribution in [0.15, 0.2) is 97.1 Å². The van der Waals surface area contributed by atoms with E-state index in [0.717, 1.165) is 39.9 Å². The smallest absolute Gasteiger partial charge is 0.316 e. The molecule has 4 aromatic carbocycles. The zero-order valence-electron chi connectivity index (χ0n) is 24.2. The van der Waals surface area contributed by atoms with Gasteiger partial charge in [0, 0.05) is 30.5 Å².